The molecule has 1 aliphatic rings. The first-order chi connectivity index (χ1) is 9.13. The topological polar surface area (TPSA) is 20.2 Å². The second-order valence-electron chi connectivity index (χ2n) is 5.72. The van der Waals surface area contributed by atoms with E-state index in [2.05, 4.69) is 51.1 Å². The number of fused-ring (bicyclic) bond motifs is 3. The Morgan fingerprint density at radius 2 is 1.68 bits per heavy atom. The van der Waals surface area contributed by atoms with Crippen molar-refractivity contribution in [1.29, 1.82) is 0 Å². The fourth-order valence-electron chi connectivity index (χ4n) is 3.84. The molecule has 0 aliphatic heterocycles. The summed E-state index contributed by atoms with van der Waals surface area (Å²) >= 11 is 0. The van der Waals surface area contributed by atoms with Gasteiger partial charge in [0.2, 0.25) is 0 Å². The van der Waals surface area contributed by atoms with Crippen LogP contribution in [0.25, 0.3) is 11.1 Å². The number of rotatable bonds is 2. The zero-order valence-corrected chi connectivity index (χ0v) is 11.8. The van der Waals surface area contributed by atoms with Crippen LogP contribution in [0, 0.1) is 5.92 Å². The Kier molecular flexibility index (Phi) is 2.67. The average Bonchev–Trinajstić information content (AvgIpc) is 2.71. The molecule has 0 aromatic heterocycles. The average molecular weight is 252 g/mol. The lowest BCUT2D eigenvalue weighted by Gasteiger charge is -2.35. The van der Waals surface area contributed by atoms with Gasteiger partial charge in [-0.15, -0.1) is 0 Å². The summed E-state index contributed by atoms with van der Waals surface area (Å²) in [4.78, 5) is 0. The number of benzene rings is 2. The second kappa shape index (κ2) is 4.12. The number of hydrogen-bond donors (Lipinski definition) is 1. The molecule has 0 heterocycles. The molecule has 3 rings (SSSR count). The van der Waals surface area contributed by atoms with E-state index in [1.165, 1.54) is 16.7 Å². The Bertz CT molecular complexity index is 627. The first-order valence-electron chi connectivity index (χ1n) is 7.05. The molecule has 0 radical (unpaired) electrons. The normalized spacial score (nSPS) is 20.4. The van der Waals surface area contributed by atoms with Crippen LogP contribution in [0.1, 0.15) is 38.3 Å². The molecule has 1 heteroatoms. The summed E-state index contributed by atoms with van der Waals surface area (Å²) in [6, 6.07) is 14.5. The van der Waals surface area contributed by atoms with Crippen LogP contribution in [-0.2, 0) is 5.41 Å². The molecule has 0 spiro atoms. The first kappa shape index (κ1) is 12.3. The largest absolute Gasteiger partial charge is 0.507 e. The maximum absolute atomic E-state index is 10.3. The molecule has 2 aromatic rings. The maximum atomic E-state index is 10.3. The molecule has 0 saturated carbocycles. The summed E-state index contributed by atoms with van der Waals surface area (Å²) in [6.07, 6.45) is 1.05. The van der Waals surface area contributed by atoms with Crippen molar-refractivity contribution in [2.24, 2.45) is 5.92 Å². The SMILES string of the molecule is CCC1(C(C)C)c2ccccc2-c2c(O)cccc21. The lowest BCUT2D eigenvalue weighted by Crippen LogP contribution is -2.30. The van der Waals surface area contributed by atoms with Crippen LogP contribution in [0.5, 0.6) is 5.75 Å². The lowest BCUT2D eigenvalue weighted by molar-refractivity contribution is 0.365. The minimum Gasteiger partial charge on any atom is -0.507 e. The highest BCUT2D eigenvalue weighted by atomic mass is 16.3. The highest BCUT2D eigenvalue weighted by molar-refractivity contribution is 5.85. The molecule has 1 aliphatic carbocycles. The number of phenols is 1. The van der Waals surface area contributed by atoms with Gasteiger partial charge in [0, 0.05) is 11.0 Å². The van der Waals surface area contributed by atoms with Gasteiger partial charge in [0.1, 0.15) is 5.75 Å². The van der Waals surface area contributed by atoms with Gasteiger partial charge in [-0.25, -0.2) is 0 Å². The maximum Gasteiger partial charge on any atom is 0.123 e. The van der Waals surface area contributed by atoms with Gasteiger partial charge in [-0.05, 0) is 35.1 Å². The van der Waals surface area contributed by atoms with E-state index >= 15 is 0 Å². The Labute approximate surface area is 114 Å². The van der Waals surface area contributed by atoms with Crippen LogP contribution in [0.15, 0.2) is 42.5 Å². The third-order valence-electron chi connectivity index (χ3n) is 4.74. The van der Waals surface area contributed by atoms with Gasteiger partial charge in [-0.2, -0.15) is 0 Å². The zero-order chi connectivity index (χ0) is 13.6. The molecule has 1 N–H and O–H groups in total. The van der Waals surface area contributed by atoms with Crippen molar-refractivity contribution in [2.45, 2.75) is 32.6 Å². The van der Waals surface area contributed by atoms with Gasteiger partial charge < -0.3 is 5.11 Å². The minimum absolute atomic E-state index is 0.0324. The van der Waals surface area contributed by atoms with Crippen molar-refractivity contribution in [3.8, 4) is 16.9 Å². The Morgan fingerprint density at radius 1 is 1.00 bits per heavy atom. The lowest BCUT2D eigenvalue weighted by atomic mass is 9.68. The summed E-state index contributed by atoms with van der Waals surface area (Å²) < 4.78 is 0. The molecule has 0 saturated heterocycles. The minimum atomic E-state index is 0.0324. The molecule has 1 unspecified atom stereocenters. The van der Waals surface area contributed by atoms with E-state index < -0.39 is 0 Å². The quantitative estimate of drug-likeness (QED) is 0.819. The third-order valence-corrected chi connectivity index (χ3v) is 4.74. The fourth-order valence-corrected chi connectivity index (χ4v) is 3.84. The van der Waals surface area contributed by atoms with Crippen molar-refractivity contribution in [3.63, 3.8) is 0 Å². The van der Waals surface area contributed by atoms with Crippen LogP contribution in [0.4, 0.5) is 0 Å². The molecule has 1 nitrogen and oxygen atoms in total. The second-order valence-corrected chi connectivity index (χ2v) is 5.72. The molecule has 1 atom stereocenters. The van der Waals surface area contributed by atoms with E-state index in [0.29, 0.717) is 11.7 Å². The molecule has 2 aromatic carbocycles. The Hall–Kier alpha value is -1.76. The van der Waals surface area contributed by atoms with Crippen molar-refractivity contribution in [2.75, 3.05) is 0 Å². The van der Waals surface area contributed by atoms with Crippen molar-refractivity contribution in [3.05, 3.63) is 53.6 Å². The van der Waals surface area contributed by atoms with Crippen molar-refractivity contribution in [1.82, 2.24) is 0 Å². The van der Waals surface area contributed by atoms with Crippen LogP contribution in [-0.4, -0.2) is 5.11 Å². The molecular formula is C18H20O. The highest BCUT2D eigenvalue weighted by Crippen LogP contribution is 2.56. The van der Waals surface area contributed by atoms with Crippen molar-refractivity contribution < 1.29 is 5.11 Å². The van der Waals surface area contributed by atoms with Crippen LogP contribution in [0.3, 0.4) is 0 Å². The van der Waals surface area contributed by atoms with E-state index in [1.54, 1.807) is 6.07 Å². The van der Waals surface area contributed by atoms with Crippen LogP contribution < -0.4 is 0 Å². The van der Waals surface area contributed by atoms with E-state index in [0.717, 1.165) is 12.0 Å². The fraction of sp³-hybridized carbons (Fsp3) is 0.333. The van der Waals surface area contributed by atoms with E-state index in [1.807, 2.05) is 6.07 Å². The van der Waals surface area contributed by atoms with Gasteiger partial charge in [-0.1, -0.05) is 57.2 Å². The van der Waals surface area contributed by atoms with Crippen LogP contribution >= 0.6 is 0 Å². The Morgan fingerprint density at radius 3 is 2.37 bits per heavy atom. The summed E-state index contributed by atoms with van der Waals surface area (Å²) in [5.41, 5.74) is 4.92. The van der Waals surface area contributed by atoms with Gasteiger partial charge in [-0.3, -0.25) is 0 Å². The first-order valence-corrected chi connectivity index (χ1v) is 7.05. The molecule has 0 amide bonds. The summed E-state index contributed by atoms with van der Waals surface area (Å²) in [5, 5.41) is 10.3. The molecule has 0 fully saturated rings. The van der Waals surface area contributed by atoms with E-state index in [9.17, 15) is 5.11 Å². The van der Waals surface area contributed by atoms with Crippen molar-refractivity contribution >= 4 is 0 Å². The molecular weight excluding hydrogens is 232 g/mol. The molecule has 98 valence electrons. The number of phenolic OH excluding ortho intramolecular Hbond substituents is 1. The zero-order valence-electron chi connectivity index (χ0n) is 11.8. The van der Waals surface area contributed by atoms with Gasteiger partial charge in [0.15, 0.2) is 0 Å². The summed E-state index contributed by atoms with van der Waals surface area (Å²) in [5.74, 6) is 0.905. The van der Waals surface area contributed by atoms with E-state index in [-0.39, 0.29) is 5.41 Å². The number of hydrogen-bond acceptors (Lipinski definition) is 1. The summed E-state index contributed by atoms with van der Waals surface area (Å²) in [7, 11) is 0. The Balaban J connectivity index is 2.44. The summed E-state index contributed by atoms with van der Waals surface area (Å²) in [6.45, 7) is 6.80. The highest BCUT2D eigenvalue weighted by Gasteiger charge is 2.44. The standard InChI is InChI=1S/C18H20O/c1-4-18(12(2)3)14-9-6-5-8-13(14)17-15(18)10-7-11-16(17)19/h5-12,19H,4H2,1-3H3. The van der Waals surface area contributed by atoms with Crippen LogP contribution in [0.2, 0.25) is 0 Å². The van der Waals surface area contributed by atoms with Gasteiger partial charge >= 0.3 is 0 Å². The molecule has 0 bridgehead atoms. The van der Waals surface area contributed by atoms with Gasteiger partial charge in [0.05, 0.1) is 0 Å². The van der Waals surface area contributed by atoms with E-state index in [4.69, 9.17) is 0 Å². The third kappa shape index (κ3) is 1.42. The predicted molar refractivity (Wildman–Crippen MR) is 79.5 cm³/mol. The predicted octanol–water partition coefficient (Wildman–Crippen LogP) is 4.72. The molecule has 19 heavy (non-hydrogen) atoms. The monoisotopic (exact) mass is 252 g/mol. The van der Waals surface area contributed by atoms with Gasteiger partial charge in [0.25, 0.3) is 0 Å². The smallest absolute Gasteiger partial charge is 0.123 e. The number of aromatic hydroxyl groups is 1.